The summed E-state index contributed by atoms with van der Waals surface area (Å²) >= 11 is 0. The molecule has 1 aromatic rings. The second kappa shape index (κ2) is 5.40. The maximum atomic E-state index is 12.4. The average molecular weight is 234 g/mol. The number of anilines is 1. The minimum absolute atomic E-state index is 0.128. The number of carbonyl (C=O) groups is 1. The van der Waals surface area contributed by atoms with Crippen molar-refractivity contribution in [2.45, 2.75) is 6.55 Å². The Balaban J connectivity index is 2.74. The van der Waals surface area contributed by atoms with Crippen molar-refractivity contribution in [3.8, 4) is 0 Å². The molecule has 0 radical (unpaired) electrons. The Labute approximate surface area is 90.4 Å². The third-order valence-corrected chi connectivity index (χ3v) is 1.76. The molecule has 0 fully saturated rings. The van der Waals surface area contributed by atoms with E-state index in [1.807, 2.05) is 0 Å². The first-order chi connectivity index (χ1) is 7.56. The maximum Gasteiger partial charge on any atom is 0.334 e. The summed E-state index contributed by atoms with van der Waals surface area (Å²) in [5.41, 5.74) is 4.97. The summed E-state index contributed by atoms with van der Waals surface area (Å²) in [5.74, 6) is -0.793. The zero-order chi connectivity index (χ0) is 12.1. The van der Waals surface area contributed by atoms with Gasteiger partial charge in [0.15, 0.2) is 0 Å². The van der Waals surface area contributed by atoms with Gasteiger partial charge in [0.2, 0.25) is 0 Å². The number of hydrogen-bond donors (Lipinski definition) is 2. The topological polar surface area (TPSA) is 82.2 Å². The highest BCUT2D eigenvalue weighted by Crippen LogP contribution is 2.15. The molecule has 90 valence electrons. The summed E-state index contributed by atoms with van der Waals surface area (Å²) in [6, 6.07) is 1.09. The molecule has 1 aromatic heterocycles. The van der Waals surface area contributed by atoms with Crippen molar-refractivity contribution in [2.75, 3.05) is 26.0 Å². The van der Waals surface area contributed by atoms with Gasteiger partial charge in [-0.3, -0.25) is 4.79 Å². The summed E-state index contributed by atoms with van der Waals surface area (Å²) in [6.45, 7) is -2.38. The third kappa shape index (κ3) is 2.89. The van der Waals surface area contributed by atoms with Gasteiger partial charge in [-0.1, -0.05) is 0 Å². The fourth-order valence-corrected chi connectivity index (χ4v) is 1.09. The Morgan fingerprint density at radius 1 is 1.75 bits per heavy atom. The average Bonchev–Trinajstić information content (AvgIpc) is 2.61. The van der Waals surface area contributed by atoms with Crippen LogP contribution >= 0.6 is 0 Å². The van der Waals surface area contributed by atoms with E-state index < -0.39 is 12.5 Å². The predicted octanol–water partition coefficient (Wildman–Crippen LogP) is 0.237. The number of rotatable bonds is 5. The number of nitrogens with zero attached hydrogens (tertiary/aromatic N) is 2. The normalized spacial score (nSPS) is 10.8. The van der Waals surface area contributed by atoms with Crippen molar-refractivity contribution in [1.29, 1.82) is 0 Å². The van der Waals surface area contributed by atoms with Gasteiger partial charge in [-0.25, -0.2) is 0 Å². The van der Waals surface area contributed by atoms with Gasteiger partial charge in [0.25, 0.3) is 5.91 Å². The molecule has 8 heteroatoms. The number of methoxy groups -OCH3 is 1. The molecule has 0 aliphatic carbocycles. The number of halogens is 2. The Morgan fingerprint density at radius 2 is 2.44 bits per heavy atom. The molecule has 0 unspecified atom stereocenters. The van der Waals surface area contributed by atoms with Gasteiger partial charge in [0.05, 0.1) is 6.61 Å². The summed E-state index contributed by atoms with van der Waals surface area (Å²) in [5, 5.41) is 5.71. The number of nitrogens with one attached hydrogen (secondary N) is 1. The molecule has 0 saturated carbocycles. The second-order valence-electron chi connectivity index (χ2n) is 2.93. The number of aromatic nitrogens is 2. The highest BCUT2D eigenvalue weighted by Gasteiger charge is 2.19. The van der Waals surface area contributed by atoms with Crippen molar-refractivity contribution in [1.82, 2.24) is 15.1 Å². The van der Waals surface area contributed by atoms with Gasteiger partial charge in [-0.05, 0) is 0 Å². The third-order valence-electron chi connectivity index (χ3n) is 1.76. The fourth-order valence-electron chi connectivity index (χ4n) is 1.09. The van der Waals surface area contributed by atoms with E-state index in [9.17, 15) is 13.6 Å². The lowest BCUT2D eigenvalue weighted by Crippen LogP contribution is -2.29. The van der Waals surface area contributed by atoms with Gasteiger partial charge in [-0.15, -0.1) is 5.10 Å². The van der Waals surface area contributed by atoms with Crippen molar-refractivity contribution in [3.05, 3.63) is 11.8 Å². The van der Waals surface area contributed by atoms with E-state index >= 15 is 0 Å². The monoisotopic (exact) mass is 234 g/mol. The number of hydrogen-bond acceptors (Lipinski definition) is 4. The highest BCUT2D eigenvalue weighted by atomic mass is 19.3. The van der Waals surface area contributed by atoms with Crippen LogP contribution in [-0.4, -0.2) is 35.9 Å². The van der Waals surface area contributed by atoms with Crippen LogP contribution in [-0.2, 0) is 4.74 Å². The number of amides is 1. The minimum atomic E-state index is -2.90. The largest absolute Gasteiger partial charge is 0.383 e. The molecule has 0 spiro atoms. The van der Waals surface area contributed by atoms with Crippen LogP contribution in [0.3, 0.4) is 0 Å². The lowest BCUT2D eigenvalue weighted by Gasteiger charge is -2.06. The van der Waals surface area contributed by atoms with Crippen molar-refractivity contribution >= 4 is 11.7 Å². The molecule has 6 nitrogen and oxygen atoms in total. The quantitative estimate of drug-likeness (QED) is 0.715. The lowest BCUT2D eigenvalue weighted by molar-refractivity contribution is 0.0510. The number of carbonyl (C=O) groups excluding carboxylic acids is 1. The number of ether oxygens (including phenoxy) is 1. The predicted molar refractivity (Wildman–Crippen MR) is 52.1 cm³/mol. The Hall–Kier alpha value is -1.70. The van der Waals surface area contributed by atoms with Crippen LogP contribution in [0.1, 0.15) is 17.0 Å². The van der Waals surface area contributed by atoms with Crippen molar-refractivity contribution < 1.29 is 18.3 Å². The fraction of sp³-hybridized carbons (Fsp3) is 0.500. The molecular weight excluding hydrogens is 222 g/mol. The van der Waals surface area contributed by atoms with E-state index in [0.29, 0.717) is 6.61 Å². The van der Waals surface area contributed by atoms with Crippen LogP contribution in [0.15, 0.2) is 6.07 Å². The maximum absolute atomic E-state index is 12.4. The lowest BCUT2D eigenvalue weighted by atomic mass is 10.4. The van der Waals surface area contributed by atoms with Gasteiger partial charge >= 0.3 is 6.55 Å². The van der Waals surface area contributed by atoms with Crippen molar-refractivity contribution in [3.63, 3.8) is 0 Å². The van der Waals surface area contributed by atoms with Crippen LogP contribution in [0, 0.1) is 0 Å². The summed E-state index contributed by atoms with van der Waals surface area (Å²) < 4.78 is 29.8. The first-order valence-electron chi connectivity index (χ1n) is 4.46. The Bertz CT molecular complexity index is 367. The highest BCUT2D eigenvalue weighted by molar-refractivity contribution is 5.93. The molecule has 0 aliphatic rings. The first kappa shape index (κ1) is 12.4. The van der Waals surface area contributed by atoms with Crippen molar-refractivity contribution in [2.24, 2.45) is 0 Å². The van der Waals surface area contributed by atoms with Crippen LogP contribution in [0.2, 0.25) is 0 Å². The summed E-state index contributed by atoms with van der Waals surface area (Å²) in [6.07, 6.45) is 0. The standard InChI is InChI=1S/C8H12F2N4O2/c1-16-3-2-12-7(15)5-4-6(11)13-14(5)8(9)10/h4,8H,2-3H2,1H3,(H2,11,13)(H,12,15). The molecule has 0 atom stereocenters. The molecule has 0 aromatic carbocycles. The van der Waals surface area contributed by atoms with E-state index in [1.165, 1.54) is 7.11 Å². The van der Waals surface area contributed by atoms with E-state index in [4.69, 9.17) is 10.5 Å². The van der Waals surface area contributed by atoms with Gasteiger partial charge in [0.1, 0.15) is 11.5 Å². The van der Waals surface area contributed by atoms with E-state index in [0.717, 1.165) is 6.07 Å². The minimum Gasteiger partial charge on any atom is -0.383 e. The molecule has 1 heterocycles. The number of nitrogens with two attached hydrogens (primary N) is 1. The Morgan fingerprint density at radius 3 is 3.00 bits per heavy atom. The van der Waals surface area contributed by atoms with E-state index in [2.05, 4.69) is 10.4 Å². The SMILES string of the molecule is COCCNC(=O)c1cc(N)nn1C(F)F. The second-order valence-corrected chi connectivity index (χ2v) is 2.93. The van der Waals surface area contributed by atoms with E-state index in [-0.39, 0.29) is 22.7 Å². The van der Waals surface area contributed by atoms with Gasteiger partial charge in [-0.2, -0.15) is 13.5 Å². The number of alkyl halides is 2. The summed E-state index contributed by atoms with van der Waals surface area (Å²) in [7, 11) is 1.47. The van der Waals surface area contributed by atoms with Crippen LogP contribution < -0.4 is 11.1 Å². The zero-order valence-corrected chi connectivity index (χ0v) is 8.61. The van der Waals surface area contributed by atoms with Crippen LogP contribution in [0.4, 0.5) is 14.6 Å². The number of nitrogen functional groups attached to an aromatic ring is 1. The molecule has 16 heavy (non-hydrogen) atoms. The van der Waals surface area contributed by atoms with Crippen LogP contribution in [0.25, 0.3) is 0 Å². The molecule has 0 saturated heterocycles. The molecule has 1 amide bonds. The Kier molecular flexibility index (Phi) is 4.18. The van der Waals surface area contributed by atoms with Gasteiger partial charge < -0.3 is 15.8 Å². The first-order valence-corrected chi connectivity index (χ1v) is 4.46. The summed E-state index contributed by atoms with van der Waals surface area (Å²) in [4.78, 5) is 11.4. The van der Waals surface area contributed by atoms with Crippen LogP contribution in [0.5, 0.6) is 0 Å². The smallest absolute Gasteiger partial charge is 0.334 e. The van der Waals surface area contributed by atoms with Gasteiger partial charge in [0, 0.05) is 19.7 Å². The molecule has 3 N–H and O–H groups in total. The zero-order valence-electron chi connectivity index (χ0n) is 8.61. The molecule has 1 rings (SSSR count). The molecule has 0 aliphatic heterocycles. The van der Waals surface area contributed by atoms with E-state index in [1.54, 1.807) is 0 Å². The molecular formula is C8H12F2N4O2. The molecule has 0 bridgehead atoms.